The number of aryl methyl sites for hydroxylation is 1. The molecule has 0 aliphatic heterocycles. The fourth-order valence-corrected chi connectivity index (χ4v) is 2.78. The van der Waals surface area contributed by atoms with Crippen molar-refractivity contribution in [2.75, 3.05) is 12.0 Å². The number of benzene rings is 1. The summed E-state index contributed by atoms with van der Waals surface area (Å²) >= 11 is 0. The van der Waals surface area contributed by atoms with E-state index in [-0.39, 0.29) is 42.2 Å². The molecule has 1 atom stereocenters. The van der Waals surface area contributed by atoms with Gasteiger partial charge in [0.1, 0.15) is 5.82 Å². The Bertz CT molecular complexity index is 1160. The van der Waals surface area contributed by atoms with Gasteiger partial charge in [0.2, 0.25) is 5.95 Å². The summed E-state index contributed by atoms with van der Waals surface area (Å²) in [5, 5.41) is 14.4. The van der Waals surface area contributed by atoms with Crippen LogP contribution in [0.4, 0.5) is 10.3 Å². The number of nitrogens with one attached hydrogen (secondary N) is 2. The second kappa shape index (κ2) is 9.01. The molecular weight excluding hydrogens is 395 g/mol. The summed E-state index contributed by atoms with van der Waals surface area (Å²) in [5.74, 6) is -0.210. The van der Waals surface area contributed by atoms with Gasteiger partial charge in [0.25, 0.3) is 5.56 Å². The lowest BCUT2D eigenvalue weighted by Crippen LogP contribution is -2.30. The number of aliphatic hydroxyl groups is 1. The lowest BCUT2D eigenvalue weighted by atomic mass is 10.2. The molecule has 0 bridgehead atoms. The number of hydrogen-bond acceptors (Lipinski definition) is 7. The second-order valence-corrected chi connectivity index (χ2v) is 6.99. The first-order chi connectivity index (χ1) is 14.3. The Balaban J connectivity index is 1.96. The Morgan fingerprint density at radius 1 is 1.33 bits per heavy atom. The van der Waals surface area contributed by atoms with Crippen LogP contribution < -0.4 is 16.7 Å². The Hall–Kier alpha value is -3.31. The lowest BCUT2D eigenvalue weighted by molar-refractivity contribution is -0.000105. The van der Waals surface area contributed by atoms with Gasteiger partial charge >= 0.3 is 5.69 Å². The molecule has 11 heteroatoms. The van der Waals surface area contributed by atoms with Crippen LogP contribution >= 0.6 is 0 Å². The van der Waals surface area contributed by atoms with E-state index in [2.05, 4.69) is 20.5 Å². The van der Waals surface area contributed by atoms with Crippen LogP contribution in [0.5, 0.6) is 0 Å². The van der Waals surface area contributed by atoms with E-state index in [4.69, 9.17) is 4.74 Å². The summed E-state index contributed by atoms with van der Waals surface area (Å²) in [7, 11) is 1.47. The molecule has 0 aliphatic rings. The molecular formula is C19H23FN6O4. The van der Waals surface area contributed by atoms with Crippen LogP contribution in [-0.2, 0) is 18.3 Å². The molecule has 0 radical (unpaired) electrons. The van der Waals surface area contributed by atoms with Gasteiger partial charge in [-0.05, 0) is 31.5 Å². The SMILES string of the molecule is CC(C)OC[C@H](O)Cn1c(N/N=C\c2ccc(F)cc2)nc2c1c(=O)[nH]c(=O)n2C. The van der Waals surface area contributed by atoms with Crippen LogP contribution in [-0.4, -0.2) is 49.2 Å². The maximum Gasteiger partial charge on any atom is 0.329 e. The third kappa shape index (κ3) is 4.81. The molecule has 0 fully saturated rings. The molecule has 0 unspecified atom stereocenters. The third-order valence-electron chi connectivity index (χ3n) is 4.27. The van der Waals surface area contributed by atoms with Crippen LogP contribution in [0.3, 0.4) is 0 Å². The summed E-state index contributed by atoms with van der Waals surface area (Å²) in [6.07, 6.45) is 0.453. The number of imidazole rings is 1. The molecule has 3 N–H and O–H groups in total. The largest absolute Gasteiger partial charge is 0.389 e. The topological polar surface area (TPSA) is 127 Å². The van der Waals surface area contributed by atoms with E-state index in [1.165, 1.54) is 34.5 Å². The third-order valence-corrected chi connectivity index (χ3v) is 4.27. The zero-order valence-electron chi connectivity index (χ0n) is 16.8. The highest BCUT2D eigenvalue weighted by Gasteiger charge is 2.19. The molecule has 0 saturated carbocycles. The van der Waals surface area contributed by atoms with Gasteiger partial charge in [-0.25, -0.2) is 14.6 Å². The number of aromatic nitrogens is 4. The van der Waals surface area contributed by atoms with E-state index in [0.29, 0.717) is 5.56 Å². The van der Waals surface area contributed by atoms with E-state index in [1.807, 2.05) is 13.8 Å². The van der Waals surface area contributed by atoms with Crippen LogP contribution in [0.25, 0.3) is 11.2 Å². The highest BCUT2D eigenvalue weighted by atomic mass is 19.1. The first-order valence-corrected chi connectivity index (χ1v) is 9.30. The van der Waals surface area contributed by atoms with E-state index in [0.717, 1.165) is 0 Å². The van der Waals surface area contributed by atoms with Gasteiger partial charge in [-0.15, -0.1) is 0 Å². The molecule has 10 nitrogen and oxygen atoms in total. The normalized spacial score (nSPS) is 12.9. The van der Waals surface area contributed by atoms with E-state index in [1.54, 1.807) is 12.1 Å². The number of hydrazone groups is 1. The zero-order chi connectivity index (χ0) is 21.8. The number of aromatic amines is 1. The Morgan fingerprint density at radius 2 is 2.03 bits per heavy atom. The van der Waals surface area contributed by atoms with Gasteiger partial charge in [-0.2, -0.15) is 10.1 Å². The first kappa shape index (κ1) is 21.4. The molecule has 3 rings (SSSR count). The van der Waals surface area contributed by atoms with Gasteiger partial charge in [0.15, 0.2) is 11.2 Å². The first-order valence-electron chi connectivity index (χ1n) is 9.30. The number of ether oxygens (including phenoxy) is 1. The Labute approximate surface area is 170 Å². The lowest BCUT2D eigenvalue weighted by Gasteiger charge is -2.15. The van der Waals surface area contributed by atoms with Crippen molar-refractivity contribution in [1.82, 2.24) is 19.1 Å². The minimum atomic E-state index is -0.928. The Kier molecular flexibility index (Phi) is 6.43. The molecule has 3 aromatic rings. The number of fused-ring (bicyclic) bond motifs is 1. The van der Waals surface area contributed by atoms with Crippen molar-refractivity contribution < 1.29 is 14.2 Å². The van der Waals surface area contributed by atoms with Crippen molar-refractivity contribution in [2.45, 2.75) is 32.6 Å². The fourth-order valence-electron chi connectivity index (χ4n) is 2.78. The second-order valence-electron chi connectivity index (χ2n) is 6.99. The van der Waals surface area contributed by atoms with Crippen molar-refractivity contribution in [1.29, 1.82) is 0 Å². The van der Waals surface area contributed by atoms with Gasteiger partial charge in [0.05, 0.1) is 31.6 Å². The smallest absolute Gasteiger partial charge is 0.329 e. The summed E-state index contributed by atoms with van der Waals surface area (Å²) in [5.41, 5.74) is 2.37. The van der Waals surface area contributed by atoms with Crippen LogP contribution in [0.1, 0.15) is 19.4 Å². The fraction of sp³-hybridized carbons (Fsp3) is 0.368. The van der Waals surface area contributed by atoms with Crippen LogP contribution in [0.15, 0.2) is 39.0 Å². The van der Waals surface area contributed by atoms with Gasteiger partial charge in [0, 0.05) is 7.05 Å². The molecule has 30 heavy (non-hydrogen) atoms. The van der Waals surface area contributed by atoms with E-state index >= 15 is 0 Å². The highest BCUT2D eigenvalue weighted by molar-refractivity contribution is 5.80. The Morgan fingerprint density at radius 3 is 2.70 bits per heavy atom. The summed E-state index contributed by atoms with van der Waals surface area (Å²) in [6, 6.07) is 5.70. The van der Waals surface area contributed by atoms with Crippen LogP contribution in [0.2, 0.25) is 0 Å². The van der Waals surface area contributed by atoms with E-state index in [9.17, 15) is 19.1 Å². The van der Waals surface area contributed by atoms with Gasteiger partial charge in [-0.3, -0.25) is 14.3 Å². The molecule has 1 aromatic carbocycles. The molecule has 2 heterocycles. The maximum atomic E-state index is 13.0. The van der Waals surface area contributed by atoms with Crippen molar-refractivity contribution >= 4 is 23.3 Å². The highest BCUT2D eigenvalue weighted by Crippen LogP contribution is 2.16. The van der Waals surface area contributed by atoms with Crippen molar-refractivity contribution in [3.63, 3.8) is 0 Å². The molecule has 0 spiro atoms. The molecule has 0 amide bonds. The molecule has 160 valence electrons. The van der Waals surface area contributed by atoms with Gasteiger partial charge < -0.3 is 14.4 Å². The maximum absolute atomic E-state index is 13.0. The molecule has 0 saturated heterocycles. The number of nitrogens with zero attached hydrogens (tertiary/aromatic N) is 4. The van der Waals surface area contributed by atoms with E-state index < -0.39 is 17.4 Å². The monoisotopic (exact) mass is 418 g/mol. The van der Waals surface area contributed by atoms with Crippen LogP contribution in [0, 0.1) is 5.82 Å². The molecule has 0 aliphatic carbocycles. The summed E-state index contributed by atoms with van der Waals surface area (Å²) < 4.78 is 21.1. The van der Waals surface area contributed by atoms with Crippen molar-refractivity contribution in [2.24, 2.45) is 12.1 Å². The predicted molar refractivity (Wildman–Crippen MR) is 110 cm³/mol. The summed E-state index contributed by atoms with van der Waals surface area (Å²) in [6.45, 7) is 3.73. The van der Waals surface area contributed by atoms with Gasteiger partial charge in [-0.1, -0.05) is 12.1 Å². The average Bonchev–Trinajstić information content (AvgIpc) is 3.05. The van der Waals surface area contributed by atoms with Crippen molar-refractivity contribution in [3.8, 4) is 0 Å². The number of rotatable bonds is 8. The quantitative estimate of drug-likeness (QED) is 0.367. The number of aliphatic hydroxyl groups excluding tert-OH is 1. The predicted octanol–water partition coefficient (Wildman–Crippen LogP) is 0.794. The number of anilines is 1. The minimum absolute atomic E-state index is 0.0150. The number of hydrogen-bond donors (Lipinski definition) is 3. The standard InChI is InChI=1S/C19H23FN6O4/c1-11(2)30-10-14(27)9-26-15-16(25(3)19(29)23-17(15)28)22-18(26)24-21-8-12-4-6-13(20)7-5-12/h4-8,11,14,27H,9-10H2,1-3H3,(H,22,24)(H,23,28,29)/b21-8-/t14-/m1/s1. The zero-order valence-corrected chi connectivity index (χ0v) is 16.8. The average molecular weight is 418 g/mol. The van der Waals surface area contributed by atoms with Crippen molar-refractivity contribution in [3.05, 3.63) is 56.5 Å². The number of H-pyrrole nitrogens is 1. The number of halogens is 1. The minimum Gasteiger partial charge on any atom is -0.389 e. The summed E-state index contributed by atoms with van der Waals surface area (Å²) in [4.78, 5) is 30.8. The molecule has 2 aromatic heterocycles.